The van der Waals surface area contributed by atoms with E-state index in [0.29, 0.717) is 32.5 Å². The maximum atomic E-state index is 12.9. The lowest BCUT2D eigenvalue weighted by atomic mass is 9.96. The van der Waals surface area contributed by atoms with Gasteiger partial charge in [0, 0.05) is 30.4 Å². The minimum Gasteiger partial charge on any atom is -0.444 e. The standard InChI is InChI=1S/C20H29FN2O3S/c1-20(2,3)26-19(25)23-12-9-15(10-13-23)18(24)22-11-4-14-27-17-7-5-16(21)6-8-17/h5-8,15H,4,9-14H2,1-3H3,(H,22,24). The second-order valence-electron chi connectivity index (χ2n) is 7.69. The van der Waals surface area contributed by atoms with Gasteiger partial charge in [0.25, 0.3) is 0 Å². The van der Waals surface area contributed by atoms with Crippen molar-refractivity contribution in [3.05, 3.63) is 30.1 Å². The van der Waals surface area contributed by atoms with E-state index in [9.17, 15) is 14.0 Å². The van der Waals surface area contributed by atoms with Crippen molar-refractivity contribution in [1.82, 2.24) is 10.2 Å². The number of thioether (sulfide) groups is 1. The van der Waals surface area contributed by atoms with Gasteiger partial charge >= 0.3 is 6.09 Å². The Labute approximate surface area is 165 Å². The zero-order valence-electron chi connectivity index (χ0n) is 16.3. The highest BCUT2D eigenvalue weighted by Gasteiger charge is 2.29. The summed E-state index contributed by atoms with van der Waals surface area (Å²) in [5, 5.41) is 2.98. The quantitative estimate of drug-likeness (QED) is 0.582. The third-order valence-corrected chi connectivity index (χ3v) is 5.32. The molecular weight excluding hydrogens is 367 g/mol. The van der Waals surface area contributed by atoms with Crippen LogP contribution in [0.1, 0.15) is 40.0 Å². The largest absolute Gasteiger partial charge is 0.444 e. The van der Waals surface area contributed by atoms with Gasteiger partial charge < -0.3 is 15.0 Å². The number of halogens is 1. The van der Waals surface area contributed by atoms with Gasteiger partial charge in [-0.1, -0.05) is 0 Å². The number of ether oxygens (including phenoxy) is 1. The molecule has 0 aromatic heterocycles. The minimum absolute atomic E-state index is 0.0477. The monoisotopic (exact) mass is 396 g/mol. The van der Waals surface area contributed by atoms with Crippen LogP contribution in [0.4, 0.5) is 9.18 Å². The molecule has 0 spiro atoms. The summed E-state index contributed by atoms with van der Waals surface area (Å²) in [6.07, 6.45) is 1.87. The Bertz CT molecular complexity index is 623. The Hall–Kier alpha value is -1.76. The first-order chi connectivity index (χ1) is 12.7. The third kappa shape index (κ3) is 7.79. The van der Waals surface area contributed by atoms with Crippen LogP contribution in [0.25, 0.3) is 0 Å². The Morgan fingerprint density at radius 3 is 2.44 bits per heavy atom. The fourth-order valence-electron chi connectivity index (χ4n) is 2.80. The number of amides is 2. The number of carbonyl (C=O) groups is 2. The summed E-state index contributed by atoms with van der Waals surface area (Å²) in [6, 6.07) is 6.43. The third-order valence-electron chi connectivity index (χ3n) is 4.22. The van der Waals surface area contributed by atoms with Crippen LogP contribution in [-0.4, -0.2) is 47.9 Å². The number of benzene rings is 1. The summed E-state index contributed by atoms with van der Waals surface area (Å²) in [5.41, 5.74) is -0.503. The number of piperidine rings is 1. The predicted octanol–water partition coefficient (Wildman–Crippen LogP) is 4.07. The highest BCUT2D eigenvalue weighted by molar-refractivity contribution is 7.99. The highest BCUT2D eigenvalue weighted by atomic mass is 32.2. The summed E-state index contributed by atoms with van der Waals surface area (Å²) in [7, 11) is 0. The maximum absolute atomic E-state index is 12.9. The average molecular weight is 397 g/mol. The lowest BCUT2D eigenvalue weighted by Crippen LogP contribution is -2.45. The molecule has 1 saturated heterocycles. The fourth-order valence-corrected chi connectivity index (χ4v) is 3.65. The molecule has 5 nitrogen and oxygen atoms in total. The van der Waals surface area contributed by atoms with E-state index in [1.54, 1.807) is 28.8 Å². The Balaban J connectivity index is 1.60. The molecule has 2 amide bonds. The van der Waals surface area contributed by atoms with Crippen molar-refractivity contribution in [2.75, 3.05) is 25.4 Å². The molecule has 1 aromatic rings. The van der Waals surface area contributed by atoms with Crippen LogP contribution in [-0.2, 0) is 9.53 Å². The molecule has 1 N–H and O–H groups in total. The van der Waals surface area contributed by atoms with Crippen molar-refractivity contribution in [3.63, 3.8) is 0 Å². The Kier molecular flexibility index (Phi) is 7.95. The normalized spacial score (nSPS) is 15.5. The summed E-state index contributed by atoms with van der Waals surface area (Å²) >= 11 is 1.65. The van der Waals surface area contributed by atoms with Crippen LogP contribution in [0.15, 0.2) is 29.2 Å². The molecule has 27 heavy (non-hydrogen) atoms. The summed E-state index contributed by atoms with van der Waals surface area (Å²) in [6.45, 7) is 7.26. The second-order valence-corrected chi connectivity index (χ2v) is 8.86. The minimum atomic E-state index is -0.503. The van der Waals surface area contributed by atoms with Gasteiger partial charge in [-0.2, -0.15) is 0 Å². The van der Waals surface area contributed by atoms with Gasteiger partial charge in [0.15, 0.2) is 0 Å². The molecule has 0 radical (unpaired) electrons. The van der Waals surface area contributed by atoms with Gasteiger partial charge in [-0.15, -0.1) is 11.8 Å². The Morgan fingerprint density at radius 1 is 1.22 bits per heavy atom. The molecule has 1 fully saturated rings. The van der Waals surface area contributed by atoms with Crippen molar-refractivity contribution >= 4 is 23.8 Å². The molecule has 2 rings (SSSR count). The zero-order valence-corrected chi connectivity index (χ0v) is 17.1. The number of hydrogen-bond donors (Lipinski definition) is 1. The number of nitrogens with one attached hydrogen (secondary N) is 1. The summed E-state index contributed by atoms with van der Waals surface area (Å²) in [4.78, 5) is 27.0. The lowest BCUT2D eigenvalue weighted by molar-refractivity contribution is -0.126. The van der Waals surface area contributed by atoms with Gasteiger partial charge in [-0.25, -0.2) is 9.18 Å². The number of carbonyl (C=O) groups excluding carboxylic acids is 2. The van der Waals surface area contributed by atoms with E-state index in [4.69, 9.17) is 4.74 Å². The second kappa shape index (κ2) is 9.97. The van der Waals surface area contributed by atoms with Crippen LogP contribution in [0, 0.1) is 11.7 Å². The fraction of sp³-hybridized carbons (Fsp3) is 0.600. The van der Waals surface area contributed by atoms with E-state index >= 15 is 0 Å². The molecule has 1 heterocycles. The first-order valence-corrected chi connectivity index (χ1v) is 10.4. The van der Waals surface area contributed by atoms with Crippen molar-refractivity contribution in [2.45, 2.75) is 50.5 Å². The van der Waals surface area contributed by atoms with E-state index in [0.717, 1.165) is 17.1 Å². The Morgan fingerprint density at radius 2 is 1.85 bits per heavy atom. The highest BCUT2D eigenvalue weighted by Crippen LogP contribution is 2.21. The smallest absolute Gasteiger partial charge is 0.410 e. The number of nitrogens with zero attached hydrogens (tertiary/aromatic N) is 1. The predicted molar refractivity (Wildman–Crippen MR) is 105 cm³/mol. The summed E-state index contributed by atoms with van der Waals surface area (Å²) < 4.78 is 18.2. The summed E-state index contributed by atoms with van der Waals surface area (Å²) in [5.74, 6) is 0.645. The van der Waals surface area contributed by atoms with Crippen molar-refractivity contribution < 1.29 is 18.7 Å². The van der Waals surface area contributed by atoms with E-state index in [2.05, 4.69) is 5.32 Å². The molecule has 0 saturated carbocycles. The van der Waals surface area contributed by atoms with Crippen LogP contribution in [0.5, 0.6) is 0 Å². The van der Waals surface area contributed by atoms with Crippen molar-refractivity contribution in [1.29, 1.82) is 0 Å². The van der Waals surface area contributed by atoms with Crippen molar-refractivity contribution in [2.24, 2.45) is 5.92 Å². The SMILES string of the molecule is CC(C)(C)OC(=O)N1CCC(C(=O)NCCCSc2ccc(F)cc2)CC1. The molecule has 1 aromatic carbocycles. The van der Waals surface area contributed by atoms with Gasteiger partial charge in [-0.05, 0) is 70.1 Å². The topological polar surface area (TPSA) is 58.6 Å². The molecule has 1 aliphatic heterocycles. The molecule has 0 aliphatic carbocycles. The molecule has 1 aliphatic rings. The van der Waals surface area contributed by atoms with E-state index in [1.807, 2.05) is 20.8 Å². The number of likely N-dealkylation sites (tertiary alicyclic amines) is 1. The number of hydrogen-bond acceptors (Lipinski definition) is 4. The molecular formula is C20H29FN2O3S. The number of rotatable bonds is 6. The van der Waals surface area contributed by atoms with Gasteiger partial charge in [0.2, 0.25) is 5.91 Å². The van der Waals surface area contributed by atoms with E-state index in [-0.39, 0.29) is 23.7 Å². The van der Waals surface area contributed by atoms with E-state index in [1.165, 1.54) is 12.1 Å². The van der Waals surface area contributed by atoms with Crippen LogP contribution in [0.3, 0.4) is 0 Å². The molecule has 7 heteroatoms. The average Bonchev–Trinajstić information content (AvgIpc) is 2.61. The van der Waals surface area contributed by atoms with E-state index < -0.39 is 5.60 Å². The molecule has 0 unspecified atom stereocenters. The maximum Gasteiger partial charge on any atom is 0.410 e. The lowest BCUT2D eigenvalue weighted by Gasteiger charge is -2.32. The van der Waals surface area contributed by atoms with Crippen LogP contribution < -0.4 is 5.32 Å². The van der Waals surface area contributed by atoms with Crippen LogP contribution >= 0.6 is 11.8 Å². The first-order valence-electron chi connectivity index (χ1n) is 9.38. The first kappa shape index (κ1) is 21.5. The molecule has 0 bridgehead atoms. The van der Waals surface area contributed by atoms with Crippen molar-refractivity contribution in [3.8, 4) is 0 Å². The van der Waals surface area contributed by atoms with Gasteiger partial charge in [0.05, 0.1) is 0 Å². The van der Waals surface area contributed by atoms with Crippen LogP contribution in [0.2, 0.25) is 0 Å². The van der Waals surface area contributed by atoms with Gasteiger partial charge in [-0.3, -0.25) is 4.79 Å². The zero-order chi connectivity index (χ0) is 19.9. The molecule has 150 valence electrons. The molecule has 0 atom stereocenters. The van der Waals surface area contributed by atoms with Gasteiger partial charge in [0.1, 0.15) is 11.4 Å².